The van der Waals surface area contributed by atoms with Gasteiger partial charge in [0, 0.05) is 29.4 Å². The van der Waals surface area contributed by atoms with Crippen LogP contribution in [0.4, 0.5) is 0 Å². The van der Waals surface area contributed by atoms with Gasteiger partial charge in [-0.15, -0.1) is 0 Å². The van der Waals surface area contributed by atoms with E-state index < -0.39 is 0 Å². The molecule has 0 atom stereocenters. The quantitative estimate of drug-likeness (QED) is 0.536. The van der Waals surface area contributed by atoms with Gasteiger partial charge in [-0.05, 0) is 38.5 Å². The molecule has 0 fully saturated rings. The molecule has 0 radical (unpaired) electrons. The van der Waals surface area contributed by atoms with Crippen LogP contribution in [-0.2, 0) is 5.75 Å². The zero-order valence-corrected chi connectivity index (χ0v) is 14.5. The highest BCUT2D eigenvalue weighted by Crippen LogP contribution is 2.26. The van der Waals surface area contributed by atoms with Crippen molar-refractivity contribution in [3.63, 3.8) is 0 Å². The largest absolute Gasteiger partial charge is 0.307 e. The number of fused-ring (bicyclic) bond motifs is 1. The maximum absolute atomic E-state index is 11.6. The molecule has 0 spiro atoms. The van der Waals surface area contributed by atoms with Gasteiger partial charge < -0.3 is 4.40 Å². The molecule has 0 unspecified atom stereocenters. The Balaban J connectivity index is 1.88. The third-order valence-electron chi connectivity index (χ3n) is 3.76. The number of nitrogens with zero attached hydrogens (tertiary/aromatic N) is 4. The molecular formula is C18H16N4OS. The van der Waals surface area contributed by atoms with Crippen LogP contribution >= 0.6 is 11.8 Å². The van der Waals surface area contributed by atoms with Gasteiger partial charge in [-0.2, -0.15) is 5.26 Å². The molecular weight excluding hydrogens is 320 g/mol. The second-order valence-electron chi connectivity index (χ2n) is 5.59. The SMILES string of the molecule is CC(=O)c1cc(C#N)c(SCc2cn3cccc(C)c3n2)nc1C. The molecule has 6 heteroatoms. The minimum atomic E-state index is -0.0797. The number of aryl methyl sites for hydroxylation is 2. The second kappa shape index (κ2) is 6.46. The van der Waals surface area contributed by atoms with Gasteiger partial charge in [0.1, 0.15) is 16.7 Å². The molecule has 24 heavy (non-hydrogen) atoms. The number of Topliss-reactive ketones (excluding diaryl/α,β-unsaturated/α-hetero) is 1. The number of thioether (sulfide) groups is 1. The van der Waals surface area contributed by atoms with Gasteiger partial charge in [-0.1, -0.05) is 17.8 Å². The van der Waals surface area contributed by atoms with Crippen molar-refractivity contribution in [2.24, 2.45) is 0 Å². The van der Waals surface area contributed by atoms with Crippen molar-refractivity contribution in [1.82, 2.24) is 14.4 Å². The van der Waals surface area contributed by atoms with Gasteiger partial charge in [0.25, 0.3) is 0 Å². The van der Waals surface area contributed by atoms with Gasteiger partial charge in [0.2, 0.25) is 0 Å². The lowest BCUT2D eigenvalue weighted by Crippen LogP contribution is -2.02. The van der Waals surface area contributed by atoms with Crippen LogP contribution < -0.4 is 0 Å². The predicted octanol–water partition coefficient (Wildman–Crippen LogP) is 3.71. The Morgan fingerprint density at radius 2 is 2.17 bits per heavy atom. The van der Waals surface area contributed by atoms with Crippen LogP contribution in [0, 0.1) is 25.2 Å². The van der Waals surface area contributed by atoms with Crippen LogP contribution in [-0.4, -0.2) is 20.2 Å². The molecule has 0 aliphatic rings. The van der Waals surface area contributed by atoms with Gasteiger partial charge >= 0.3 is 0 Å². The summed E-state index contributed by atoms with van der Waals surface area (Å²) in [6, 6.07) is 7.77. The summed E-state index contributed by atoms with van der Waals surface area (Å²) in [5.74, 6) is 0.533. The number of hydrogen-bond acceptors (Lipinski definition) is 5. The van der Waals surface area contributed by atoms with E-state index in [9.17, 15) is 10.1 Å². The molecule has 0 aromatic carbocycles. The van der Waals surface area contributed by atoms with Gasteiger partial charge in [0.05, 0.1) is 11.3 Å². The normalized spacial score (nSPS) is 10.8. The third kappa shape index (κ3) is 3.03. The molecule has 0 bridgehead atoms. The molecule has 120 valence electrons. The van der Waals surface area contributed by atoms with Crippen molar-refractivity contribution < 1.29 is 4.79 Å². The fraction of sp³-hybridized carbons (Fsp3) is 0.222. The minimum Gasteiger partial charge on any atom is -0.307 e. The molecule has 3 aromatic heterocycles. The number of aromatic nitrogens is 3. The standard InChI is InChI=1S/C18H16N4OS/c1-11-5-4-6-22-9-15(21-17(11)22)10-24-18-14(8-19)7-16(13(3)23)12(2)20-18/h4-7,9H,10H2,1-3H3. The van der Waals surface area contributed by atoms with Gasteiger partial charge in [-0.3, -0.25) is 4.79 Å². The number of nitriles is 1. The first-order valence-corrected chi connectivity index (χ1v) is 8.47. The van der Waals surface area contributed by atoms with E-state index in [0.717, 1.165) is 16.9 Å². The van der Waals surface area contributed by atoms with Gasteiger partial charge in [0.15, 0.2) is 5.78 Å². The van der Waals surface area contributed by atoms with Gasteiger partial charge in [-0.25, -0.2) is 9.97 Å². The summed E-state index contributed by atoms with van der Waals surface area (Å²) in [5, 5.41) is 9.96. The average Bonchev–Trinajstić information content (AvgIpc) is 2.97. The van der Waals surface area contributed by atoms with Crippen molar-refractivity contribution >= 4 is 23.2 Å². The first kappa shape index (κ1) is 16.2. The Bertz CT molecular complexity index is 985. The lowest BCUT2D eigenvalue weighted by atomic mass is 10.1. The molecule has 0 aliphatic carbocycles. The lowest BCUT2D eigenvalue weighted by Gasteiger charge is -2.07. The van der Waals surface area contributed by atoms with E-state index in [1.807, 2.05) is 35.9 Å². The summed E-state index contributed by atoms with van der Waals surface area (Å²) in [4.78, 5) is 20.7. The smallest absolute Gasteiger partial charge is 0.161 e. The van der Waals surface area contributed by atoms with E-state index in [1.165, 1.54) is 18.7 Å². The van der Waals surface area contributed by atoms with Crippen molar-refractivity contribution in [2.45, 2.75) is 31.6 Å². The molecule has 0 N–H and O–H groups in total. The summed E-state index contributed by atoms with van der Waals surface area (Å²) >= 11 is 1.46. The monoisotopic (exact) mass is 336 g/mol. The Morgan fingerprint density at radius 3 is 2.83 bits per heavy atom. The highest BCUT2D eigenvalue weighted by molar-refractivity contribution is 7.98. The number of carbonyl (C=O) groups excluding carboxylic acids is 1. The second-order valence-corrected chi connectivity index (χ2v) is 6.55. The maximum Gasteiger partial charge on any atom is 0.161 e. The first-order chi connectivity index (χ1) is 11.5. The predicted molar refractivity (Wildman–Crippen MR) is 93.2 cm³/mol. The fourth-order valence-electron chi connectivity index (χ4n) is 2.55. The Hall–Kier alpha value is -2.65. The van der Waals surface area contributed by atoms with Crippen LogP contribution in [0.25, 0.3) is 5.65 Å². The van der Waals surface area contributed by atoms with Crippen molar-refractivity contribution in [2.75, 3.05) is 0 Å². The summed E-state index contributed by atoms with van der Waals surface area (Å²) in [7, 11) is 0. The molecule has 0 saturated carbocycles. The van der Waals surface area contributed by atoms with Crippen LogP contribution in [0.3, 0.4) is 0 Å². The molecule has 0 saturated heterocycles. The fourth-order valence-corrected chi connectivity index (χ4v) is 3.43. The summed E-state index contributed by atoms with van der Waals surface area (Å²) in [6.07, 6.45) is 3.95. The van der Waals surface area contributed by atoms with E-state index in [2.05, 4.69) is 16.0 Å². The minimum absolute atomic E-state index is 0.0797. The van der Waals surface area contributed by atoms with E-state index in [-0.39, 0.29) is 5.78 Å². The zero-order chi connectivity index (χ0) is 17.3. The number of pyridine rings is 2. The Morgan fingerprint density at radius 1 is 1.38 bits per heavy atom. The topological polar surface area (TPSA) is 71.0 Å². The molecule has 0 aliphatic heterocycles. The van der Waals surface area contributed by atoms with E-state index >= 15 is 0 Å². The molecule has 3 rings (SSSR count). The van der Waals surface area contributed by atoms with E-state index in [0.29, 0.717) is 27.6 Å². The highest BCUT2D eigenvalue weighted by atomic mass is 32.2. The number of carbonyl (C=O) groups is 1. The molecule has 3 aromatic rings. The zero-order valence-electron chi connectivity index (χ0n) is 13.7. The summed E-state index contributed by atoms with van der Waals surface area (Å²) in [5.41, 5.74) is 4.55. The number of hydrogen-bond donors (Lipinski definition) is 0. The van der Waals surface area contributed by atoms with Crippen LogP contribution in [0.15, 0.2) is 35.6 Å². The van der Waals surface area contributed by atoms with E-state index in [4.69, 9.17) is 0 Å². The van der Waals surface area contributed by atoms with Crippen molar-refractivity contribution in [3.05, 3.63) is 58.7 Å². The number of imidazole rings is 1. The Kier molecular flexibility index (Phi) is 4.36. The van der Waals surface area contributed by atoms with E-state index in [1.54, 1.807) is 13.0 Å². The molecule has 0 amide bonds. The average molecular weight is 336 g/mol. The maximum atomic E-state index is 11.6. The highest BCUT2D eigenvalue weighted by Gasteiger charge is 2.13. The molecule has 3 heterocycles. The first-order valence-electron chi connectivity index (χ1n) is 7.48. The molecule has 5 nitrogen and oxygen atoms in total. The van der Waals surface area contributed by atoms with Crippen LogP contribution in [0.1, 0.15) is 39.8 Å². The summed E-state index contributed by atoms with van der Waals surface area (Å²) < 4.78 is 1.99. The Labute approximate surface area is 144 Å². The van der Waals surface area contributed by atoms with Crippen molar-refractivity contribution in [1.29, 1.82) is 5.26 Å². The number of ketones is 1. The van der Waals surface area contributed by atoms with Crippen LogP contribution in [0.2, 0.25) is 0 Å². The third-order valence-corrected chi connectivity index (χ3v) is 4.79. The van der Waals surface area contributed by atoms with Crippen molar-refractivity contribution in [3.8, 4) is 6.07 Å². The van der Waals surface area contributed by atoms with Crippen LogP contribution in [0.5, 0.6) is 0 Å². The number of rotatable bonds is 4. The lowest BCUT2D eigenvalue weighted by molar-refractivity contribution is 0.101. The summed E-state index contributed by atoms with van der Waals surface area (Å²) in [6.45, 7) is 5.30.